The summed E-state index contributed by atoms with van der Waals surface area (Å²) in [4.78, 5) is 6.72. The molecule has 178 valence electrons. The predicted molar refractivity (Wildman–Crippen MR) is 141 cm³/mol. The molecule has 7 heteroatoms. The number of thiocarbonyl (C=S) groups is 1. The van der Waals surface area contributed by atoms with E-state index in [1.807, 2.05) is 36.4 Å². The maximum Gasteiger partial charge on any atom is 0.174 e. The van der Waals surface area contributed by atoms with Crippen LogP contribution in [0.25, 0.3) is 5.69 Å². The van der Waals surface area contributed by atoms with Gasteiger partial charge >= 0.3 is 0 Å². The number of nitrogens with one attached hydrogen (secondary N) is 1. The SMILES string of the molecule is COc1ccc(-n2c(C)cc([C@@H]3[C@H](c4ccccn4)NC(=S)N3c3ccc(F)c(C)c3)c2C)cc1. The third-order valence-corrected chi connectivity index (χ3v) is 6.95. The lowest BCUT2D eigenvalue weighted by molar-refractivity contribution is 0.414. The lowest BCUT2D eigenvalue weighted by Crippen LogP contribution is -2.29. The Kier molecular flexibility index (Phi) is 6.03. The Morgan fingerprint density at radius 2 is 1.71 bits per heavy atom. The van der Waals surface area contributed by atoms with Crippen LogP contribution in [-0.4, -0.2) is 21.8 Å². The number of aromatic nitrogens is 2. The standard InChI is InChI=1S/C28H27FN4OS/c1-17-15-21(10-13-24(17)29)33-27(26(31-28(33)35)25-7-5-6-14-30-25)23-16-18(2)32(19(23)3)20-8-11-22(34-4)12-9-20/h5-16,26-27H,1-4H3,(H,31,35)/t26-,27+/m0/s1. The second-order valence-electron chi connectivity index (χ2n) is 8.79. The van der Waals surface area contributed by atoms with Crippen molar-refractivity contribution < 1.29 is 9.13 Å². The number of ether oxygens (including phenoxy) is 1. The topological polar surface area (TPSA) is 42.3 Å². The summed E-state index contributed by atoms with van der Waals surface area (Å²) in [6.07, 6.45) is 1.79. The van der Waals surface area contributed by atoms with Gasteiger partial charge in [-0.25, -0.2) is 4.39 Å². The Bertz CT molecular complexity index is 1380. The predicted octanol–water partition coefficient (Wildman–Crippen LogP) is 6.12. The highest BCUT2D eigenvalue weighted by atomic mass is 32.1. The maximum atomic E-state index is 14.1. The van der Waals surface area contributed by atoms with E-state index in [1.54, 1.807) is 26.3 Å². The van der Waals surface area contributed by atoms with E-state index < -0.39 is 0 Å². The van der Waals surface area contributed by atoms with Crippen molar-refractivity contribution in [1.82, 2.24) is 14.9 Å². The first-order valence-corrected chi connectivity index (χ1v) is 11.9. The van der Waals surface area contributed by atoms with Gasteiger partial charge in [0, 0.05) is 29.0 Å². The number of anilines is 1. The minimum Gasteiger partial charge on any atom is -0.497 e. The van der Waals surface area contributed by atoms with E-state index >= 15 is 0 Å². The Labute approximate surface area is 210 Å². The normalized spacial score (nSPS) is 17.5. The molecule has 1 saturated heterocycles. The molecule has 1 aliphatic heterocycles. The fraction of sp³-hybridized carbons (Fsp3) is 0.214. The summed E-state index contributed by atoms with van der Waals surface area (Å²) in [6.45, 7) is 5.99. The molecule has 0 aliphatic carbocycles. The largest absolute Gasteiger partial charge is 0.497 e. The molecule has 0 unspecified atom stereocenters. The van der Waals surface area contributed by atoms with Gasteiger partial charge in [0.25, 0.3) is 0 Å². The molecule has 0 bridgehead atoms. The molecule has 2 atom stereocenters. The molecule has 35 heavy (non-hydrogen) atoms. The third-order valence-electron chi connectivity index (χ3n) is 6.64. The van der Waals surface area contributed by atoms with E-state index in [0.29, 0.717) is 10.7 Å². The Balaban J connectivity index is 1.66. The molecule has 2 aromatic carbocycles. The maximum absolute atomic E-state index is 14.1. The van der Waals surface area contributed by atoms with Crippen LogP contribution in [0.5, 0.6) is 5.75 Å². The number of rotatable bonds is 5. The van der Waals surface area contributed by atoms with Gasteiger partial charge in [-0.3, -0.25) is 4.98 Å². The molecule has 0 radical (unpaired) electrons. The minimum absolute atomic E-state index is 0.166. The van der Waals surface area contributed by atoms with Crippen LogP contribution in [0.3, 0.4) is 0 Å². The van der Waals surface area contributed by atoms with Gasteiger partial charge in [-0.1, -0.05) is 6.07 Å². The molecule has 0 saturated carbocycles. The summed E-state index contributed by atoms with van der Waals surface area (Å²) < 4.78 is 21.7. The monoisotopic (exact) mass is 486 g/mol. The van der Waals surface area contributed by atoms with Gasteiger partial charge < -0.3 is 19.5 Å². The number of pyridine rings is 1. The minimum atomic E-state index is -0.234. The second-order valence-corrected chi connectivity index (χ2v) is 9.18. The summed E-state index contributed by atoms with van der Waals surface area (Å²) >= 11 is 5.83. The van der Waals surface area contributed by atoms with Gasteiger partial charge in [0.15, 0.2) is 5.11 Å². The number of nitrogens with zero attached hydrogens (tertiary/aromatic N) is 3. The van der Waals surface area contributed by atoms with Crippen molar-refractivity contribution in [3.8, 4) is 11.4 Å². The summed E-state index contributed by atoms with van der Waals surface area (Å²) in [5.74, 6) is 0.581. The Morgan fingerprint density at radius 3 is 2.37 bits per heavy atom. The fourth-order valence-corrected chi connectivity index (χ4v) is 5.29. The zero-order chi connectivity index (χ0) is 24.7. The molecular weight excluding hydrogens is 459 g/mol. The number of benzene rings is 2. The Morgan fingerprint density at radius 1 is 0.971 bits per heavy atom. The van der Waals surface area contributed by atoms with Gasteiger partial charge in [0.1, 0.15) is 11.6 Å². The first-order valence-electron chi connectivity index (χ1n) is 11.5. The number of halogens is 1. The quantitative estimate of drug-likeness (QED) is 0.344. The van der Waals surface area contributed by atoms with E-state index in [9.17, 15) is 4.39 Å². The van der Waals surface area contributed by atoms with E-state index in [0.717, 1.165) is 39.8 Å². The van der Waals surface area contributed by atoms with Crippen LogP contribution in [0.4, 0.5) is 10.1 Å². The number of hydrogen-bond acceptors (Lipinski definition) is 3. The average Bonchev–Trinajstić information content (AvgIpc) is 3.36. The van der Waals surface area contributed by atoms with Crippen molar-refractivity contribution in [3.63, 3.8) is 0 Å². The van der Waals surface area contributed by atoms with E-state index in [2.05, 4.69) is 51.8 Å². The van der Waals surface area contributed by atoms with Crippen molar-refractivity contribution in [2.24, 2.45) is 0 Å². The number of aryl methyl sites for hydroxylation is 2. The highest BCUT2D eigenvalue weighted by molar-refractivity contribution is 7.80. The highest BCUT2D eigenvalue weighted by Gasteiger charge is 2.42. The molecular formula is C28H27FN4OS. The van der Waals surface area contributed by atoms with Crippen LogP contribution in [0.2, 0.25) is 0 Å². The van der Waals surface area contributed by atoms with Gasteiger partial charge in [-0.05, 0) is 105 Å². The highest BCUT2D eigenvalue weighted by Crippen LogP contribution is 2.44. The third kappa shape index (κ3) is 4.06. The number of methoxy groups -OCH3 is 1. The van der Waals surface area contributed by atoms with Gasteiger partial charge in [-0.2, -0.15) is 0 Å². The Hall–Kier alpha value is -3.71. The van der Waals surface area contributed by atoms with Gasteiger partial charge in [0.2, 0.25) is 0 Å². The summed E-state index contributed by atoms with van der Waals surface area (Å²) in [5.41, 5.74) is 6.72. The molecule has 2 aromatic heterocycles. The summed E-state index contributed by atoms with van der Waals surface area (Å²) in [5, 5.41) is 4.08. The zero-order valence-electron chi connectivity index (χ0n) is 20.1. The zero-order valence-corrected chi connectivity index (χ0v) is 20.9. The summed E-state index contributed by atoms with van der Waals surface area (Å²) in [6, 6.07) is 20.9. The first-order chi connectivity index (χ1) is 16.9. The molecule has 5 rings (SSSR count). The number of hydrogen-bond donors (Lipinski definition) is 1. The van der Waals surface area contributed by atoms with Gasteiger partial charge in [0.05, 0.1) is 24.9 Å². The van der Waals surface area contributed by atoms with Crippen LogP contribution in [0.1, 0.15) is 40.3 Å². The van der Waals surface area contributed by atoms with Crippen LogP contribution in [0.15, 0.2) is 72.9 Å². The van der Waals surface area contributed by atoms with Crippen molar-refractivity contribution in [1.29, 1.82) is 0 Å². The molecule has 3 heterocycles. The van der Waals surface area contributed by atoms with E-state index in [4.69, 9.17) is 17.0 Å². The molecule has 1 fully saturated rings. The molecule has 0 amide bonds. The van der Waals surface area contributed by atoms with Crippen molar-refractivity contribution in [2.45, 2.75) is 32.9 Å². The van der Waals surface area contributed by atoms with Crippen LogP contribution < -0.4 is 15.0 Å². The lowest BCUT2D eigenvalue weighted by atomic mass is 9.96. The first kappa shape index (κ1) is 23.1. The summed E-state index contributed by atoms with van der Waals surface area (Å²) in [7, 11) is 1.67. The van der Waals surface area contributed by atoms with Crippen molar-refractivity contribution >= 4 is 23.0 Å². The lowest BCUT2D eigenvalue weighted by Gasteiger charge is -2.28. The van der Waals surface area contributed by atoms with Crippen molar-refractivity contribution in [3.05, 3.63) is 107 Å². The average molecular weight is 487 g/mol. The van der Waals surface area contributed by atoms with Crippen LogP contribution >= 0.6 is 12.2 Å². The van der Waals surface area contributed by atoms with Crippen LogP contribution in [0, 0.1) is 26.6 Å². The van der Waals surface area contributed by atoms with Gasteiger partial charge in [-0.15, -0.1) is 0 Å². The molecule has 0 spiro atoms. The molecule has 1 N–H and O–H groups in total. The fourth-order valence-electron chi connectivity index (χ4n) is 4.94. The smallest absolute Gasteiger partial charge is 0.174 e. The van der Waals surface area contributed by atoms with E-state index in [-0.39, 0.29) is 17.9 Å². The van der Waals surface area contributed by atoms with Crippen LogP contribution in [-0.2, 0) is 0 Å². The second kappa shape index (κ2) is 9.15. The molecule has 5 nitrogen and oxygen atoms in total. The molecule has 4 aromatic rings. The molecule has 1 aliphatic rings. The van der Waals surface area contributed by atoms with Crippen molar-refractivity contribution in [2.75, 3.05) is 12.0 Å². The van der Waals surface area contributed by atoms with E-state index in [1.165, 1.54) is 6.07 Å².